The van der Waals surface area contributed by atoms with Crippen LogP contribution in [0.2, 0.25) is 0 Å². The lowest BCUT2D eigenvalue weighted by Crippen LogP contribution is -3.26. The second kappa shape index (κ2) is 8.10. The number of nitrogens with one attached hydrogen (secondary N) is 2. The third-order valence-electron chi connectivity index (χ3n) is 5.44. The number of azo groups is 1. The van der Waals surface area contributed by atoms with Gasteiger partial charge in [-0.2, -0.15) is 0 Å². The van der Waals surface area contributed by atoms with Gasteiger partial charge in [-0.3, -0.25) is 9.36 Å². The fourth-order valence-electron chi connectivity index (χ4n) is 3.69. The van der Waals surface area contributed by atoms with Crippen LogP contribution in [0.1, 0.15) is 10.4 Å². The van der Waals surface area contributed by atoms with Gasteiger partial charge in [0.2, 0.25) is 5.88 Å². The Bertz CT molecular complexity index is 1050. The van der Waals surface area contributed by atoms with E-state index in [1.54, 1.807) is 0 Å². The molecule has 1 fully saturated rings. The number of carbonyl (C=O) groups is 1. The predicted molar refractivity (Wildman–Crippen MR) is 106 cm³/mol. The quantitative estimate of drug-likeness (QED) is 0.569. The summed E-state index contributed by atoms with van der Waals surface area (Å²) in [6.45, 7) is 4.86. The Morgan fingerprint density at radius 3 is 2.52 bits per heavy atom. The van der Waals surface area contributed by atoms with Crippen molar-refractivity contribution in [1.82, 2.24) is 4.57 Å². The zero-order valence-electron chi connectivity index (χ0n) is 16.2. The van der Waals surface area contributed by atoms with Gasteiger partial charge in [0.1, 0.15) is 32.0 Å². The topological polar surface area (TPSA) is 75.8 Å². The number of halogens is 1. The molecule has 0 aliphatic carbocycles. The molecule has 0 bridgehead atoms. The van der Waals surface area contributed by atoms with E-state index in [9.17, 15) is 14.3 Å². The molecule has 0 radical (unpaired) electrons. The van der Waals surface area contributed by atoms with E-state index in [-0.39, 0.29) is 17.1 Å². The van der Waals surface area contributed by atoms with Crippen LogP contribution in [0.5, 0.6) is 5.88 Å². The number of rotatable bonds is 4. The van der Waals surface area contributed by atoms with Gasteiger partial charge >= 0.3 is 0 Å². The van der Waals surface area contributed by atoms with Crippen LogP contribution in [0.3, 0.4) is 0 Å². The molecule has 0 unspecified atom stereocenters. The van der Waals surface area contributed by atoms with Gasteiger partial charge < -0.3 is 14.9 Å². The van der Waals surface area contributed by atoms with Crippen molar-refractivity contribution in [3.05, 3.63) is 59.9 Å². The summed E-state index contributed by atoms with van der Waals surface area (Å²) in [5, 5.41) is 19.4. The zero-order chi connectivity index (χ0) is 20.4. The largest absolute Gasteiger partial charge is 0.493 e. The van der Waals surface area contributed by atoms with Crippen molar-refractivity contribution in [2.24, 2.45) is 10.2 Å². The van der Waals surface area contributed by atoms with E-state index >= 15 is 0 Å². The summed E-state index contributed by atoms with van der Waals surface area (Å²) >= 11 is 0. The first-order valence-corrected chi connectivity index (χ1v) is 9.69. The molecule has 1 aromatic heterocycles. The van der Waals surface area contributed by atoms with Gasteiger partial charge in [-0.05, 0) is 30.3 Å². The molecule has 2 heterocycles. The lowest BCUT2D eigenvalue weighted by atomic mass is 10.2. The number of likely N-dealkylation sites (N-methyl/N-ethyl adjacent to an activating group) is 1. The highest BCUT2D eigenvalue weighted by molar-refractivity contribution is 5.97. The Morgan fingerprint density at radius 1 is 1.10 bits per heavy atom. The van der Waals surface area contributed by atoms with Crippen LogP contribution >= 0.6 is 0 Å². The minimum atomic E-state index is -0.589. The van der Waals surface area contributed by atoms with Gasteiger partial charge in [0.25, 0.3) is 5.91 Å². The Hall–Kier alpha value is -3.10. The number of quaternary nitrogens is 2. The van der Waals surface area contributed by atoms with Gasteiger partial charge in [-0.1, -0.05) is 18.2 Å². The molecule has 1 amide bonds. The van der Waals surface area contributed by atoms with E-state index < -0.39 is 11.7 Å². The number of amides is 1. The molecule has 2 aromatic carbocycles. The summed E-state index contributed by atoms with van der Waals surface area (Å²) in [5.74, 6) is -1.01. The summed E-state index contributed by atoms with van der Waals surface area (Å²) in [5.41, 5.74) is 1.37. The molecule has 7 nitrogen and oxygen atoms in total. The molecular formula is C21H24FN5O2+2. The Balaban J connectivity index is 1.63. The molecule has 0 spiro atoms. The lowest BCUT2D eigenvalue weighted by molar-refractivity contribution is -1.01. The molecule has 3 aromatic rings. The number of para-hydroxylation sites is 1. The fraction of sp³-hybridized carbons (Fsp3) is 0.286. The smallest absolute Gasteiger partial charge is 0.295 e. The maximum Gasteiger partial charge on any atom is 0.295 e. The van der Waals surface area contributed by atoms with E-state index in [0.29, 0.717) is 6.67 Å². The summed E-state index contributed by atoms with van der Waals surface area (Å²) in [6.07, 6.45) is 0. The highest BCUT2D eigenvalue weighted by atomic mass is 19.1. The number of hydrogen-bond donors (Lipinski definition) is 3. The number of carbonyl (C=O) groups excluding carboxylic acids is 1. The van der Waals surface area contributed by atoms with Crippen LogP contribution in [0.15, 0.2) is 58.8 Å². The van der Waals surface area contributed by atoms with Crippen molar-refractivity contribution < 1.29 is 24.1 Å². The summed E-state index contributed by atoms with van der Waals surface area (Å²) in [6, 6.07) is 12.7. The van der Waals surface area contributed by atoms with Crippen LogP contribution in [-0.2, 0) is 6.67 Å². The van der Waals surface area contributed by atoms with Crippen molar-refractivity contribution >= 4 is 22.5 Å². The SMILES string of the molecule is C[NH+]1CC[NH+](Cn2c(O)c(N=NC(=O)c3ccc(F)cc3)c3ccccc32)CC1. The molecule has 29 heavy (non-hydrogen) atoms. The number of nitrogens with zero attached hydrogens (tertiary/aromatic N) is 3. The zero-order valence-corrected chi connectivity index (χ0v) is 16.2. The molecular weight excluding hydrogens is 373 g/mol. The third-order valence-corrected chi connectivity index (χ3v) is 5.44. The molecule has 4 rings (SSSR count). The average molecular weight is 397 g/mol. The number of aromatic hydroxyl groups is 1. The second-order valence-corrected chi connectivity index (χ2v) is 7.49. The van der Waals surface area contributed by atoms with Gasteiger partial charge in [0, 0.05) is 10.9 Å². The molecule has 0 saturated carbocycles. The maximum absolute atomic E-state index is 13.0. The van der Waals surface area contributed by atoms with Crippen molar-refractivity contribution in [2.75, 3.05) is 33.2 Å². The maximum atomic E-state index is 13.0. The monoisotopic (exact) mass is 397 g/mol. The highest BCUT2D eigenvalue weighted by Crippen LogP contribution is 2.38. The number of fused-ring (bicyclic) bond motifs is 1. The van der Waals surface area contributed by atoms with E-state index in [4.69, 9.17) is 0 Å². The summed E-state index contributed by atoms with van der Waals surface area (Å²) in [4.78, 5) is 15.2. The van der Waals surface area contributed by atoms with Crippen LogP contribution in [-0.4, -0.2) is 48.8 Å². The third kappa shape index (κ3) is 4.03. The Kier molecular flexibility index (Phi) is 5.37. The van der Waals surface area contributed by atoms with Crippen LogP contribution in [0.4, 0.5) is 10.1 Å². The minimum Gasteiger partial charge on any atom is -0.493 e. The van der Waals surface area contributed by atoms with Gasteiger partial charge in [-0.25, -0.2) is 4.39 Å². The van der Waals surface area contributed by atoms with Crippen LogP contribution < -0.4 is 9.80 Å². The van der Waals surface area contributed by atoms with E-state index in [1.807, 2.05) is 28.8 Å². The summed E-state index contributed by atoms with van der Waals surface area (Å²) in [7, 11) is 2.19. The molecule has 0 atom stereocenters. The molecule has 3 N–H and O–H groups in total. The van der Waals surface area contributed by atoms with Crippen molar-refractivity contribution in [2.45, 2.75) is 6.67 Å². The van der Waals surface area contributed by atoms with Crippen LogP contribution in [0.25, 0.3) is 10.9 Å². The number of piperazine rings is 1. The standard InChI is InChI=1S/C21H22FN5O2/c1-25-10-12-26(13-11-25)14-27-18-5-3-2-4-17(18)19(21(27)29)23-24-20(28)15-6-8-16(22)9-7-15/h2-9,29H,10-14H2,1H3/p+2. The first-order chi connectivity index (χ1) is 14.0. The number of hydrogen-bond acceptors (Lipinski definition) is 3. The van der Waals surface area contributed by atoms with Crippen molar-refractivity contribution in [1.29, 1.82) is 0 Å². The van der Waals surface area contributed by atoms with Gasteiger partial charge in [0.05, 0.1) is 12.6 Å². The Morgan fingerprint density at radius 2 is 1.79 bits per heavy atom. The van der Waals surface area contributed by atoms with E-state index in [2.05, 4.69) is 17.3 Å². The molecule has 8 heteroatoms. The highest BCUT2D eigenvalue weighted by Gasteiger charge is 2.24. The average Bonchev–Trinajstić information content (AvgIpc) is 2.99. The van der Waals surface area contributed by atoms with E-state index in [1.165, 1.54) is 34.1 Å². The van der Waals surface area contributed by atoms with Crippen molar-refractivity contribution in [3.8, 4) is 5.88 Å². The van der Waals surface area contributed by atoms with Gasteiger partial charge in [-0.15, -0.1) is 10.2 Å². The molecule has 1 aliphatic rings. The minimum absolute atomic E-state index is 0.000584. The number of aromatic nitrogens is 1. The molecule has 150 valence electrons. The van der Waals surface area contributed by atoms with Crippen molar-refractivity contribution in [3.63, 3.8) is 0 Å². The molecule has 1 aliphatic heterocycles. The Labute approximate surface area is 167 Å². The van der Waals surface area contributed by atoms with Crippen LogP contribution in [0, 0.1) is 5.82 Å². The first kappa shape index (κ1) is 19.2. The number of benzene rings is 2. The summed E-state index contributed by atoms with van der Waals surface area (Å²) < 4.78 is 14.9. The first-order valence-electron chi connectivity index (χ1n) is 9.69. The predicted octanol–water partition coefficient (Wildman–Crippen LogP) is 0.781. The lowest BCUT2D eigenvalue weighted by Gasteiger charge is -2.27. The molecule has 1 saturated heterocycles. The second-order valence-electron chi connectivity index (χ2n) is 7.49. The fourth-order valence-corrected chi connectivity index (χ4v) is 3.69. The normalized spacial score (nSPS) is 19.8. The van der Waals surface area contributed by atoms with Gasteiger partial charge in [0.15, 0.2) is 12.4 Å². The van der Waals surface area contributed by atoms with E-state index in [0.717, 1.165) is 37.1 Å².